The fraction of sp³-hybridized carbons (Fsp3) is 0.417. The fourth-order valence-electron chi connectivity index (χ4n) is 4.92. The summed E-state index contributed by atoms with van der Waals surface area (Å²) < 4.78 is 15.5. The summed E-state index contributed by atoms with van der Waals surface area (Å²) in [6, 6.07) is 8.38. The Morgan fingerprint density at radius 3 is 2.84 bits per heavy atom. The molecule has 1 atom stereocenters. The highest BCUT2D eigenvalue weighted by Gasteiger charge is 2.37. The number of rotatable bonds is 4. The molecule has 32 heavy (non-hydrogen) atoms. The number of aromatic nitrogens is 3. The van der Waals surface area contributed by atoms with E-state index in [2.05, 4.69) is 20.6 Å². The molecule has 2 fully saturated rings. The first-order valence-corrected chi connectivity index (χ1v) is 11.0. The smallest absolute Gasteiger partial charge is 0.249 e. The zero-order valence-electron chi connectivity index (χ0n) is 17.7. The monoisotopic (exact) mass is 433 g/mol. The third-order valence-electron chi connectivity index (χ3n) is 6.63. The largest absolute Gasteiger partial charge is 0.330 e. The van der Waals surface area contributed by atoms with Gasteiger partial charge in [0.2, 0.25) is 5.91 Å². The van der Waals surface area contributed by atoms with Crippen LogP contribution in [-0.2, 0) is 16.2 Å². The Kier molecular flexibility index (Phi) is 5.58. The number of pyridine rings is 1. The first-order valence-electron chi connectivity index (χ1n) is 11.0. The number of nitrogens with zero attached hydrogens (tertiary/aromatic N) is 5. The van der Waals surface area contributed by atoms with E-state index in [-0.39, 0.29) is 23.7 Å². The highest BCUT2D eigenvalue weighted by atomic mass is 19.1. The van der Waals surface area contributed by atoms with Crippen LogP contribution in [0.5, 0.6) is 0 Å². The number of fused-ring (bicyclic) bond motifs is 1. The van der Waals surface area contributed by atoms with Crippen LogP contribution in [0.4, 0.5) is 4.39 Å². The molecular weight excluding hydrogens is 409 g/mol. The molecule has 0 spiro atoms. The number of imidazole rings is 1. The minimum absolute atomic E-state index is 0.0249. The Morgan fingerprint density at radius 2 is 2.03 bits per heavy atom. The van der Waals surface area contributed by atoms with Gasteiger partial charge >= 0.3 is 0 Å². The first kappa shape index (κ1) is 20.6. The summed E-state index contributed by atoms with van der Waals surface area (Å²) in [6.07, 6.45) is 9.22. The van der Waals surface area contributed by atoms with Crippen molar-refractivity contribution in [2.75, 3.05) is 6.61 Å². The predicted molar refractivity (Wildman–Crippen MR) is 114 cm³/mol. The first-order chi connectivity index (χ1) is 15.6. The second-order valence-corrected chi connectivity index (χ2v) is 8.67. The lowest BCUT2D eigenvalue weighted by molar-refractivity contribution is -0.183. The van der Waals surface area contributed by atoms with E-state index < -0.39 is 0 Å². The molecular formula is C24H24FN5O2. The zero-order chi connectivity index (χ0) is 22.1. The SMILES string of the molecule is N#Cc1cncc([C@@H]2CCON2C(=O)C2CCC(Cn3cnc4cc(F)ccc43)CC2)c1. The summed E-state index contributed by atoms with van der Waals surface area (Å²) >= 11 is 0. The molecule has 2 aromatic heterocycles. The van der Waals surface area contributed by atoms with Gasteiger partial charge in [-0.05, 0) is 55.4 Å². The fourth-order valence-corrected chi connectivity index (χ4v) is 4.92. The highest BCUT2D eigenvalue weighted by Crippen LogP contribution is 2.36. The van der Waals surface area contributed by atoms with Crippen LogP contribution in [0.15, 0.2) is 43.0 Å². The Morgan fingerprint density at radius 1 is 1.19 bits per heavy atom. The van der Waals surface area contributed by atoms with Crippen LogP contribution in [0, 0.1) is 29.0 Å². The normalized spacial score (nSPS) is 23.4. The van der Waals surface area contributed by atoms with Gasteiger partial charge in [-0.15, -0.1) is 0 Å². The molecule has 3 heterocycles. The molecule has 1 aromatic carbocycles. The Hall–Kier alpha value is -3.31. The molecule has 8 heteroatoms. The topological polar surface area (TPSA) is 84.0 Å². The lowest BCUT2D eigenvalue weighted by atomic mass is 9.81. The van der Waals surface area contributed by atoms with Crippen molar-refractivity contribution in [3.63, 3.8) is 0 Å². The molecule has 1 aliphatic heterocycles. The van der Waals surface area contributed by atoms with E-state index in [1.165, 1.54) is 23.4 Å². The number of benzene rings is 1. The van der Waals surface area contributed by atoms with Gasteiger partial charge in [-0.3, -0.25) is 14.6 Å². The predicted octanol–water partition coefficient (Wildman–Crippen LogP) is 4.15. The molecule has 3 aromatic rings. The van der Waals surface area contributed by atoms with E-state index in [1.54, 1.807) is 24.7 Å². The van der Waals surface area contributed by atoms with Gasteiger partial charge in [0.25, 0.3) is 0 Å². The summed E-state index contributed by atoms with van der Waals surface area (Å²) in [4.78, 5) is 27.4. The maximum Gasteiger partial charge on any atom is 0.249 e. The minimum atomic E-state index is -0.278. The lowest BCUT2D eigenvalue weighted by Gasteiger charge is -2.32. The molecule has 0 radical (unpaired) electrons. The number of amides is 1. The molecule has 1 saturated carbocycles. The average Bonchev–Trinajstić information content (AvgIpc) is 3.46. The van der Waals surface area contributed by atoms with Gasteiger partial charge in [-0.1, -0.05) is 0 Å². The number of hydrogen-bond donors (Lipinski definition) is 0. The van der Waals surface area contributed by atoms with Crippen LogP contribution in [0.3, 0.4) is 0 Å². The number of carbonyl (C=O) groups is 1. The van der Waals surface area contributed by atoms with Crippen molar-refractivity contribution in [2.24, 2.45) is 11.8 Å². The van der Waals surface area contributed by atoms with Crippen LogP contribution >= 0.6 is 0 Å². The minimum Gasteiger partial charge on any atom is -0.330 e. The van der Waals surface area contributed by atoms with Gasteiger partial charge in [0.15, 0.2) is 0 Å². The molecule has 164 valence electrons. The van der Waals surface area contributed by atoms with Crippen molar-refractivity contribution in [1.29, 1.82) is 5.26 Å². The maximum absolute atomic E-state index is 13.4. The summed E-state index contributed by atoms with van der Waals surface area (Å²) in [5.41, 5.74) is 2.93. The molecule has 5 rings (SSSR count). The van der Waals surface area contributed by atoms with Crippen molar-refractivity contribution in [1.82, 2.24) is 19.6 Å². The summed E-state index contributed by atoms with van der Waals surface area (Å²) in [6.45, 7) is 1.30. The van der Waals surface area contributed by atoms with Crippen LogP contribution in [-0.4, -0.2) is 32.1 Å². The molecule has 1 amide bonds. The van der Waals surface area contributed by atoms with E-state index in [0.29, 0.717) is 30.0 Å². The van der Waals surface area contributed by atoms with E-state index in [0.717, 1.165) is 43.3 Å². The number of halogens is 1. The van der Waals surface area contributed by atoms with E-state index in [9.17, 15) is 9.18 Å². The third kappa shape index (κ3) is 3.96. The van der Waals surface area contributed by atoms with E-state index >= 15 is 0 Å². The molecule has 0 bridgehead atoms. The van der Waals surface area contributed by atoms with Gasteiger partial charge in [0, 0.05) is 37.3 Å². The van der Waals surface area contributed by atoms with Crippen LogP contribution in [0.1, 0.15) is 49.3 Å². The number of hydrogen-bond acceptors (Lipinski definition) is 5. The van der Waals surface area contributed by atoms with Crippen molar-refractivity contribution in [2.45, 2.75) is 44.7 Å². The molecule has 7 nitrogen and oxygen atoms in total. The van der Waals surface area contributed by atoms with E-state index in [1.807, 2.05) is 0 Å². The van der Waals surface area contributed by atoms with Gasteiger partial charge in [0.05, 0.1) is 35.6 Å². The maximum atomic E-state index is 13.4. The van der Waals surface area contributed by atoms with Crippen LogP contribution in [0.2, 0.25) is 0 Å². The van der Waals surface area contributed by atoms with Crippen molar-refractivity contribution in [3.8, 4) is 6.07 Å². The standard InChI is InChI=1S/C24H24FN5O2/c25-20-5-6-23-21(10-20)28-15-29(23)14-16-1-3-18(4-2-16)24(31)30-22(7-8-32-30)19-9-17(11-26)12-27-13-19/h5-6,9-10,12-13,15-16,18,22H,1-4,7-8,14H2/t16?,18?,22-/m0/s1. The van der Waals surface area contributed by atoms with Gasteiger partial charge in [-0.25, -0.2) is 14.4 Å². The van der Waals surface area contributed by atoms with Crippen LogP contribution < -0.4 is 0 Å². The Bertz CT molecular complexity index is 1180. The Labute approximate surface area is 185 Å². The molecule has 0 N–H and O–H groups in total. The second-order valence-electron chi connectivity index (χ2n) is 8.67. The Balaban J connectivity index is 1.22. The molecule has 1 aliphatic carbocycles. The van der Waals surface area contributed by atoms with Gasteiger partial charge in [0.1, 0.15) is 11.9 Å². The quantitative estimate of drug-likeness (QED) is 0.617. The molecule has 0 unspecified atom stereocenters. The van der Waals surface area contributed by atoms with Gasteiger partial charge in [-0.2, -0.15) is 5.26 Å². The summed E-state index contributed by atoms with van der Waals surface area (Å²) in [5.74, 6) is 0.136. The summed E-state index contributed by atoms with van der Waals surface area (Å²) in [7, 11) is 0. The highest BCUT2D eigenvalue weighted by molar-refractivity contribution is 5.78. The number of nitriles is 1. The van der Waals surface area contributed by atoms with Crippen molar-refractivity contribution < 1.29 is 14.0 Å². The van der Waals surface area contributed by atoms with Crippen LogP contribution in [0.25, 0.3) is 11.0 Å². The molecule has 2 aliphatic rings. The second kappa shape index (κ2) is 8.67. The number of carbonyl (C=O) groups excluding carboxylic acids is 1. The van der Waals surface area contributed by atoms with E-state index in [4.69, 9.17) is 10.1 Å². The van der Waals surface area contributed by atoms with Crippen molar-refractivity contribution >= 4 is 16.9 Å². The summed E-state index contributed by atoms with van der Waals surface area (Å²) in [5, 5.41) is 10.7. The average molecular weight is 433 g/mol. The third-order valence-corrected chi connectivity index (χ3v) is 6.63. The lowest BCUT2D eigenvalue weighted by Crippen LogP contribution is -2.37. The van der Waals surface area contributed by atoms with Crippen molar-refractivity contribution in [3.05, 3.63) is 59.9 Å². The molecule has 1 saturated heterocycles. The zero-order valence-corrected chi connectivity index (χ0v) is 17.7. The number of hydroxylamine groups is 2. The van der Waals surface area contributed by atoms with Gasteiger partial charge < -0.3 is 4.57 Å².